The third kappa shape index (κ3) is 12.1. The molecule has 70 heavy (non-hydrogen) atoms. The van der Waals surface area contributed by atoms with Gasteiger partial charge in [0, 0.05) is 55.0 Å². The number of nitro groups is 1. The van der Waals surface area contributed by atoms with Gasteiger partial charge in [0.05, 0.1) is 39.4 Å². The normalized spacial score (nSPS) is 17.4. The van der Waals surface area contributed by atoms with Gasteiger partial charge in [-0.15, -0.1) is 0 Å². The number of carboxylic acid groups (broad SMARTS) is 1. The molecule has 0 saturated heterocycles. The second-order valence-corrected chi connectivity index (χ2v) is 18.2. The van der Waals surface area contributed by atoms with Crippen molar-refractivity contribution in [3.05, 3.63) is 117 Å². The van der Waals surface area contributed by atoms with Crippen molar-refractivity contribution >= 4 is 75.6 Å². The van der Waals surface area contributed by atoms with Crippen LogP contribution in [0.1, 0.15) is 63.9 Å². The number of thiocarbonyl (C=S) groups is 1. The van der Waals surface area contributed by atoms with Gasteiger partial charge in [-0.05, 0) is 120 Å². The maximum atomic E-state index is 14.2. The minimum Gasteiger partial charge on any atom is -0.508 e. The molecule has 0 spiro atoms. The number of benzene rings is 2. The number of aliphatic hydroxyl groups is 2. The molecule has 0 saturated carbocycles. The topological polar surface area (TPSA) is 314 Å². The molecule has 2 aromatic rings. The molecule has 1 heterocycles. The van der Waals surface area contributed by atoms with E-state index in [0.29, 0.717) is 28.8 Å². The molecule has 372 valence electrons. The van der Waals surface area contributed by atoms with Crippen molar-refractivity contribution in [1.82, 2.24) is 26.6 Å². The number of hydrogen-bond acceptors (Lipinski definition) is 14. The number of hydrogen-bond donors (Lipinski definition) is 9. The third-order valence-corrected chi connectivity index (χ3v) is 12.7. The maximum Gasteiger partial charge on any atom is 0.336 e. The Morgan fingerprint density at radius 2 is 1.53 bits per heavy atom. The maximum absolute atomic E-state index is 14.2. The number of fused-ring (bicyclic) bond motifs is 2. The van der Waals surface area contributed by atoms with Gasteiger partial charge in [0.15, 0.2) is 10.9 Å². The third-order valence-electron chi connectivity index (χ3n) is 12.5. The molecule has 0 fully saturated rings. The number of carbonyl (C=O) groups is 7. The van der Waals surface area contributed by atoms with Crippen molar-refractivity contribution < 1.29 is 63.3 Å². The molecule has 4 atom stereocenters. The zero-order valence-corrected chi connectivity index (χ0v) is 40.0. The van der Waals surface area contributed by atoms with Crippen LogP contribution in [-0.2, 0) is 33.5 Å². The zero-order valence-electron chi connectivity index (χ0n) is 39.2. The van der Waals surface area contributed by atoms with Gasteiger partial charge < -0.3 is 56.7 Å². The van der Waals surface area contributed by atoms with Gasteiger partial charge >= 0.3 is 11.9 Å². The van der Waals surface area contributed by atoms with E-state index >= 15 is 0 Å². The quantitative estimate of drug-likeness (QED) is 0.0230. The Balaban J connectivity index is 1.19. The molecule has 1 aliphatic heterocycles. The number of esters is 1. The van der Waals surface area contributed by atoms with Crippen molar-refractivity contribution in [2.24, 2.45) is 22.2 Å². The number of aliphatic hydroxyl groups excluding tert-OH is 2. The molecule has 4 unspecified atom stereocenters. The van der Waals surface area contributed by atoms with Crippen molar-refractivity contribution in [1.29, 1.82) is 0 Å². The number of rotatable bonds is 20. The number of ether oxygens (including phenoxy) is 2. The largest absolute Gasteiger partial charge is 0.508 e. The first-order valence-corrected chi connectivity index (χ1v) is 22.4. The van der Waals surface area contributed by atoms with Crippen LogP contribution in [0.4, 0.5) is 11.4 Å². The van der Waals surface area contributed by atoms with Gasteiger partial charge in [-0.3, -0.25) is 34.1 Å². The van der Waals surface area contributed by atoms with E-state index in [2.05, 4.69) is 31.9 Å². The van der Waals surface area contributed by atoms with Crippen LogP contribution in [0.2, 0.25) is 0 Å². The average molecular weight is 986 g/mol. The highest BCUT2D eigenvalue weighted by Gasteiger charge is 2.62. The Bertz CT molecular complexity index is 2630. The lowest BCUT2D eigenvalue weighted by molar-refractivity contribution is -0.384. The zero-order chi connectivity index (χ0) is 51.7. The summed E-state index contributed by atoms with van der Waals surface area (Å²) in [5.41, 5.74) is -3.61. The number of nitro benzene ring substituents is 1. The Labute approximate surface area is 407 Å². The van der Waals surface area contributed by atoms with Gasteiger partial charge in [0.2, 0.25) is 23.6 Å². The minimum atomic E-state index is -1.88. The second kappa shape index (κ2) is 22.1. The molecular weight excluding hydrogens is 931 g/mol. The molecule has 4 amide bonds. The van der Waals surface area contributed by atoms with Crippen LogP contribution in [-0.4, -0.2) is 112 Å². The Hall–Kier alpha value is -7.72. The van der Waals surface area contributed by atoms with Crippen LogP contribution in [0, 0.1) is 32.3 Å². The number of amides is 4. The highest BCUT2D eigenvalue weighted by molar-refractivity contribution is 7.80. The summed E-state index contributed by atoms with van der Waals surface area (Å²) in [6, 6.07) is 9.37. The van der Waals surface area contributed by atoms with Gasteiger partial charge in [-0.1, -0.05) is 12.1 Å². The minimum absolute atomic E-state index is 0.00319. The smallest absolute Gasteiger partial charge is 0.336 e. The van der Waals surface area contributed by atoms with Crippen molar-refractivity contribution in [2.45, 2.75) is 60.2 Å². The fourth-order valence-corrected chi connectivity index (χ4v) is 8.26. The van der Waals surface area contributed by atoms with Crippen molar-refractivity contribution in [3.63, 3.8) is 0 Å². The summed E-state index contributed by atoms with van der Waals surface area (Å²) in [5, 5.41) is 57.6. The predicted octanol–water partition coefficient (Wildman–Crippen LogP) is 3.28. The van der Waals surface area contributed by atoms with E-state index in [1.807, 2.05) is 0 Å². The first-order valence-electron chi connectivity index (χ1n) is 22.0. The van der Waals surface area contributed by atoms with Crippen LogP contribution in [0.3, 0.4) is 0 Å². The molecule has 22 heteroatoms. The SMILES string of the molecule is CC(O)CNC(=O)C(C)(C)C(C)(C(=O)NCC(=O)NCC(=O)Oc1ccc([N+](=O)[O-])cc1)C(C)(C)C(=O)NCCCNC(=S)Nc1ccc(C2=C3C=CC(=O)C=C3OC3C=C(O)C=CC23)c(C(=O)O)c1. The van der Waals surface area contributed by atoms with Crippen LogP contribution < -0.4 is 36.6 Å². The fourth-order valence-electron chi connectivity index (χ4n) is 8.04. The average Bonchev–Trinajstić information content (AvgIpc) is 3.30. The first kappa shape index (κ1) is 53.2. The monoisotopic (exact) mass is 985 g/mol. The predicted molar refractivity (Wildman–Crippen MR) is 258 cm³/mol. The second-order valence-electron chi connectivity index (χ2n) is 17.8. The molecular formula is C48H55N7O14S. The number of nitrogens with zero attached hydrogens (tertiary/aromatic N) is 1. The first-order chi connectivity index (χ1) is 32.9. The van der Waals surface area contributed by atoms with Gasteiger partial charge in [-0.25, -0.2) is 9.59 Å². The molecule has 9 N–H and O–H groups in total. The molecule has 3 aliphatic rings. The number of carbonyl (C=O) groups excluding carboxylic acids is 6. The van der Waals surface area contributed by atoms with Gasteiger partial charge in [-0.2, -0.15) is 0 Å². The summed E-state index contributed by atoms with van der Waals surface area (Å²) >= 11 is 5.49. The summed E-state index contributed by atoms with van der Waals surface area (Å²) in [5.74, 6) is -5.64. The summed E-state index contributed by atoms with van der Waals surface area (Å²) in [6.45, 7) is 7.58. The summed E-state index contributed by atoms with van der Waals surface area (Å²) in [7, 11) is 0. The van der Waals surface area contributed by atoms with Crippen LogP contribution >= 0.6 is 12.2 Å². The number of carboxylic acids is 1. The molecule has 21 nitrogen and oxygen atoms in total. The molecule has 0 radical (unpaired) electrons. The number of ketones is 1. The summed E-state index contributed by atoms with van der Waals surface area (Å²) in [6.07, 6.45) is 7.65. The van der Waals surface area contributed by atoms with Gasteiger partial charge in [0.25, 0.3) is 5.69 Å². The Morgan fingerprint density at radius 3 is 2.17 bits per heavy atom. The van der Waals surface area contributed by atoms with Crippen molar-refractivity contribution in [2.75, 3.05) is 38.0 Å². The molecule has 2 aromatic carbocycles. The standard InChI is InChI=1S/C48H55N7O14S/c1-26(56)23-52-43(64)47(4,5)48(6,44(65)53-24-38(59)51-25-39(60)68-31-13-9-28(10-14-31)55(66)67)46(2,3)42(63)49-18-7-19-50-45(70)54-27-8-15-32(35(20-27)41(61)62)40-33-16-11-29(57)21-36(33)69-37-22-30(58)12-17-34(37)40/h8-17,20-22,26,33,36,56-57H,7,18-19,23-25H2,1-6H3,(H,49,63)(H,51,59)(H,52,64)(H,53,65)(H,61,62)(H2,50,54,70). The van der Waals surface area contributed by atoms with Crippen LogP contribution in [0.25, 0.3) is 5.57 Å². The number of anilines is 1. The van der Waals surface area contributed by atoms with E-state index in [0.717, 1.165) is 12.1 Å². The van der Waals surface area contributed by atoms with Crippen molar-refractivity contribution in [3.8, 4) is 5.75 Å². The molecule has 0 aromatic heterocycles. The molecule has 0 bridgehead atoms. The van der Waals surface area contributed by atoms with E-state index in [4.69, 9.17) is 21.7 Å². The lowest BCUT2D eigenvalue weighted by Crippen LogP contribution is -2.65. The van der Waals surface area contributed by atoms with Crippen LogP contribution in [0.15, 0.2) is 96.0 Å². The number of aromatic carboxylic acids is 1. The summed E-state index contributed by atoms with van der Waals surface area (Å²) < 4.78 is 11.1. The van der Waals surface area contributed by atoms with E-state index in [1.54, 1.807) is 24.3 Å². The number of allylic oxidation sites excluding steroid dienone is 4. The van der Waals surface area contributed by atoms with E-state index in [9.17, 15) is 59.0 Å². The fraction of sp³-hybridized carbons (Fsp3) is 0.375. The summed E-state index contributed by atoms with van der Waals surface area (Å²) in [4.78, 5) is 102. The number of non-ortho nitro benzene ring substituents is 1. The highest BCUT2D eigenvalue weighted by Crippen LogP contribution is 2.52. The van der Waals surface area contributed by atoms with E-state index in [-0.39, 0.29) is 59.0 Å². The lowest BCUT2D eigenvalue weighted by Gasteiger charge is -2.50. The lowest BCUT2D eigenvalue weighted by atomic mass is 9.52. The Morgan fingerprint density at radius 1 is 0.871 bits per heavy atom. The molecule has 5 rings (SSSR count). The van der Waals surface area contributed by atoms with Crippen LogP contribution in [0.5, 0.6) is 5.75 Å². The van der Waals surface area contributed by atoms with Gasteiger partial charge in [0.1, 0.15) is 29.9 Å². The highest BCUT2D eigenvalue weighted by atomic mass is 32.1. The molecule has 2 aliphatic carbocycles. The van der Waals surface area contributed by atoms with E-state index in [1.165, 1.54) is 84.0 Å². The van der Waals surface area contributed by atoms with E-state index < -0.39 is 88.0 Å². The number of nitrogens with one attached hydrogen (secondary N) is 6. The Kier molecular flexibility index (Phi) is 16.8.